The SMILES string of the molecule is CC(C)(C)OC(=O)ON1CCC1=O. The van der Waals surface area contributed by atoms with Gasteiger partial charge in [0.25, 0.3) is 5.91 Å². The Hall–Kier alpha value is -1.26. The van der Waals surface area contributed by atoms with Crippen LogP contribution in [0.3, 0.4) is 0 Å². The first-order chi connectivity index (χ1) is 5.88. The lowest BCUT2D eigenvalue weighted by Gasteiger charge is -2.29. The van der Waals surface area contributed by atoms with E-state index in [1.165, 1.54) is 0 Å². The van der Waals surface area contributed by atoms with Gasteiger partial charge in [-0.1, -0.05) is 0 Å². The lowest BCUT2D eigenvalue weighted by atomic mass is 10.2. The first-order valence-corrected chi connectivity index (χ1v) is 4.10. The molecule has 1 aliphatic heterocycles. The highest BCUT2D eigenvalue weighted by molar-refractivity contribution is 5.81. The third-order valence-corrected chi connectivity index (χ3v) is 1.38. The van der Waals surface area contributed by atoms with Crippen LogP contribution in [0.1, 0.15) is 27.2 Å². The van der Waals surface area contributed by atoms with Gasteiger partial charge in [-0.05, 0) is 20.8 Å². The van der Waals surface area contributed by atoms with Gasteiger partial charge in [0.1, 0.15) is 5.60 Å². The summed E-state index contributed by atoms with van der Waals surface area (Å²) in [5.74, 6) is -0.189. The van der Waals surface area contributed by atoms with E-state index in [-0.39, 0.29) is 5.91 Å². The molecule has 0 unspecified atom stereocenters. The molecule has 0 saturated carbocycles. The van der Waals surface area contributed by atoms with E-state index < -0.39 is 11.8 Å². The van der Waals surface area contributed by atoms with Crippen LogP contribution >= 0.6 is 0 Å². The van der Waals surface area contributed by atoms with Crippen molar-refractivity contribution in [2.24, 2.45) is 0 Å². The Morgan fingerprint density at radius 1 is 1.46 bits per heavy atom. The van der Waals surface area contributed by atoms with Crippen LogP contribution < -0.4 is 0 Å². The summed E-state index contributed by atoms with van der Waals surface area (Å²) in [6.07, 6.45) is -0.399. The number of amides is 1. The van der Waals surface area contributed by atoms with Crippen LogP contribution in [0.2, 0.25) is 0 Å². The number of β-lactam (4-membered cyclic amide) rings is 1. The molecule has 1 heterocycles. The minimum Gasteiger partial charge on any atom is -0.427 e. The molecule has 1 saturated heterocycles. The molecule has 0 radical (unpaired) electrons. The van der Waals surface area contributed by atoms with E-state index in [0.717, 1.165) is 5.06 Å². The summed E-state index contributed by atoms with van der Waals surface area (Å²) >= 11 is 0. The topological polar surface area (TPSA) is 55.8 Å². The average Bonchev–Trinajstić information content (AvgIpc) is 1.94. The quantitative estimate of drug-likeness (QED) is 0.455. The van der Waals surface area contributed by atoms with Crippen molar-refractivity contribution < 1.29 is 19.2 Å². The Morgan fingerprint density at radius 2 is 2.08 bits per heavy atom. The predicted octanol–water partition coefficient (Wildman–Crippen LogP) is 1.09. The molecule has 5 heteroatoms. The summed E-state index contributed by atoms with van der Waals surface area (Å²) < 4.78 is 4.84. The molecule has 5 nitrogen and oxygen atoms in total. The maximum atomic E-state index is 11.0. The third-order valence-electron chi connectivity index (χ3n) is 1.38. The van der Waals surface area contributed by atoms with Gasteiger partial charge < -0.3 is 9.57 Å². The number of hydrogen-bond acceptors (Lipinski definition) is 4. The van der Waals surface area contributed by atoms with Crippen molar-refractivity contribution >= 4 is 12.1 Å². The molecular formula is C8H13NO4. The first-order valence-electron chi connectivity index (χ1n) is 4.10. The minimum atomic E-state index is -0.833. The second-order valence-corrected chi connectivity index (χ2v) is 3.80. The summed E-state index contributed by atoms with van der Waals surface area (Å²) in [6.45, 7) is 5.64. The molecule has 1 aliphatic rings. The summed E-state index contributed by atoms with van der Waals surface area (Å²) in [6, 6.07) is 0. The summed E-state index contributed by atoms with van der Waals surface area (Å²) in [7, 11) is 0. The van der Waals surface area contributed by atoms with Gasteiger partial charge in [0.05, 0.1) is 13.0 Å². The molecular weight excluding hydrogens is 174 g/mol. The van der Waals surface area contributed by atoms with Crippen molar-refractivity contribution in [3.05, 3.63) is 0 Å². The Bertz CT molecular complexity index is 231. The lowest BCUT2D eigenvalue weighted by molar-refractivity contribution is -0.195. The van der Waals surface area contributed by atoms with Crippen LogP contribution in [0.25, 0.3) is 0 Å². The van der Waals surface area contributed by atoms with Crippen LogP contribution in [-0.4, -0.2) is 29.3 Å². The van der Waals surface area contributed by atoms with Crippen LogP contribution in [-0.2, 0) is 14.4 Å². The molecule has 0 aromatic carbocycles. The number of carbonyl (C=O) groups excluding carboxylic acids is 2. The zero-order valence-corrected chi connectivity index (χ0v) is 7.99. The number of carbonyl (C=O) groups is 2. The minimum absolute atomic E-state index is 0.189. The molecule has 0 N–H and O–H groups in total. The van der Waals surface area contributed by atoms with Crippen molar-refractivity contribution in [2.75, 3.05) is 6.54 Å². The smallest absolute Gasteiger partial charge is 0.427 e. The predicted molar refractivity (Wildman–Crippen MR) is 43.6 cm³/mol. The Morgan fingerprint density at radius 3 is 2.38 bits per heavy atom. The zero-order valence-electron chi connectivity index (χ0n) is 7.99. The first kappa shape index (κ1) is 9.83. The molecule has 0 bridgehead atoms. The second-order valence-electron chi connectivity index (χ2n) is 3.80. The molecule has 74 valence electrons. The maximum Gasteiger partial charge on any atom is 0.534 e. The molecule has 1 amide bonds. The van der Waals surface area contributed by atoms with E-state index in [1.807, 2.05) is 0 Å². The number of hydrogen-bond donors (Lipinski definition) is 0. The van der Waals surface area contributed by atoms with Gasteiger partial charge in [0.2, 0.25) is 0 Å². The van der Waals surface area contributed by atoms with Gasteiger partial charge in [0.15, 0.2) is 0 Å². The second kappa shape index (κ2) is 3.24. The Kier molecular flexibility index (Phi) is 2.45. The number of nitrogens with zero attached hydrogens (tertiary/aromatic N) is 1. The monoisotopic (exact) mass is 187 g/mol. The molecule has 0 aromatic rings. The zero-order chi connectivity index (χ0) is 10.1. The van der Waals surface area contributed by atoms with E-state index >= 15 is 0 Å². The molecule has 13 heavy (non-hydrogen) atoms. The van der Waals surface area contributed by atoms with E-state index in [1.54, 1.807) is 20.8 Å². The average molecular weight is 187 g/mol. The largest absolute Gasteiger partial charge is 0.534 e. The van der Waals surface area contributed by atoms with E-state index in [2.05, 4.69) is 4.84 Å². The van der Waals surface area contributed by atoms with E-state index in [0.29, 0.717) is 13.0 Å². The Labute approximate surface area is 76.6 Å². The summed E-state index contributed by atoms with van der Waals surface area (Å²) in [4.78, 5) is 26.3. The highest BCUT2D eigenvalue weighted by Gasteiger charge is 2.30. The molecule has 0 aliphatic carbocycles. The fourth-order valence-corrected chi connectivity index (χ4v) is 0.750. The van der Waals surface area contributed by atoms with Crippen LogP contribution in [0.4, 0.5) is 4.79 Å². The van der Waals surface area contributed by atoms with Gasteiger partial charge in [-0.3, -0.25) is 4.79 Å². The van der Waals surface area contributed by atoms with Gasteiger partial charge >= 0.3 is 6.16 Å². The van der Waals surface area contributed by atoms with Gasteiger partial charge in [-0.2, -0.15) is 5.06 Å². The molecule has 0 aromatic heterocycles. The fraction of sp³-hybridized carbons (Fsp3) is 0.750. The van der Waals surface area contributed by atoms with E-state index in [9.17, 15) is 9.59 Å². The number of hydroxylamine groups is 2. The van der Waals surface area contributed by atoms with Crippen molar-refractivity contribution in [3.8, 4) is 0 Å². The van der Waals surface area contributed by atoms with Gasteiger partial charge in [-0.15, -0.1) is 0 Å². The number of ether oxygens (including phenoxy) is 1. The van der Waals surface area contributed by atoms with Crippen LogP contribution in [0.15, 0.2) is 0 Å². The van der Waals surface area contributed by atoms with Gasteiger partial charge in [-0.25, -0.2) is 4.79 Å². The van der Waals surface area contributed by atoms with Crippen LogP contribution in [0.5, 0.6) is 0 Å². The van der Waals surface area contributed by atoms with Gasteiger partial charge in [0, 0.05) is 0 Å². The normalized spacial score (nSPS) is 16.5. The third kappa shape index (κ3) is 2.93. The summed E-state index contributed by atoms with van der Waals surface area (Å²) in [5, 5.41) is 0.994. The highest BCUT2D eigenvalue weighted by Crippen LogP contribution is 2.13. The number of rotatable bonds is 1. The summed E-state index contributed by atoms with van der Waals surface area (Å²) in [5.41, 5.74) is -0.592. The van der Waals surface area contributed by atoms with Crippen molar-refractivity contribution in [1.29, 1.82) is 0 Å². The fourth-order valence-electron chi connectivity index (χ4n) is 0.750. The Balaban J connectivity index is 2.29. The van der Waals surface area contributed by atoms with Crippen LogP contribution in [0, 0.1) is 0 Å². The molecule has 0 atom stereocenters. The van der Waals surface area contributed by atoms with Crippen molar-refractivity contribution in [1.82, 2.24) is 5.06 Å². The molecule has 1 fully saturated rings. The highest BCUT2D eigenvalue weighted by atomic mass is 16.8. The maximum absolute atomic E-state index is 11.0. The van der Waals surface area contributed by atoms with E-state index in [4.69, 9.17) is 4.74 Å². The molecule has 0 spiro atoms. The van der Waals surface area contributed by atoms with Crippen molar-refractivity contribution in [3.63, 3.8) is 0 Å². The standard InChI is InChI=1S/C8H13NO4/c1-8(2,3)12-7(11)13-9-5-4-6(9)10/h4-5H2,1-3H3. The lowest BCUT2D eigenvalue weighted by Crippen LogP contribution is -2.45. The molecule has 1 rings (SSSR count). The van der Waals surface area contributed by atoms with Crippen molar-refractivity contribution in [2.45, 2.75) is 32.8 Å².